The van der Waals surface area contributed by atoms with E-state index in [0.29, 0.717) is 12.0 Å². The van der Waals surface area contributed by atoms with E-state index in [0.717, 1.165) is 30.8 Å². The van der Waals surface area contributed by atoms with Crippen molar-refractivity contribution in [1.82, 2.24) is 9.80 Å². The molecule has 0 radical (unpaired) electrons. The third-order valence-corrected chi connectivity index (χ3v) is 5.13. The molecule has 136 valence electrons. The summed E-state index contributed by atoms with van der Waals surface area (Å²) in [6.07, 6.45) is 2.45. The molecule has 0 amide bonds. The zero-order valence-electron chi connectivity index (χ0n) is 14.4. The highest BCUT2D eigenvalue weighted by Crippen LogP contribution is 2.32. The summed E-state index contributed by atoms with van der Waals surface area (Å²) in [5.74, 6) is -0.384. The van der Waals surface area contributed by atoms with Crippen molar-refractivity contribution < 1.29 is 9.90 Å². The minimum atomic E-state index is -0.723. The van der Waals surface area contributed by atoms with Crippen LogP contribution >= 0.6 is 24.8 Å². The molecule has 0 bridgehead atoms. The molecule has 1 unspecified atom stereocenters. The Kier molecular flexibility index (Phi) is 8.00. The second-order valence-corrected chi connectivity index (χ2v) is 6.85. The maximum atomic E-state index is 12.0. The first-order chi connectivity index (χ1) is 10.6. The highest BCUT2D eigenvalue weighted by Gasteiger charge is 2.37. The fraction of sp³-hybridized carbons (Fsp3) is 0.611. The first-order valence-corrected chi connectivity index (χ1v) is 8.37. The number of carboxylic acids is 1. The van der Waals surface area contributed by atoms with E-state index in [9.17, 15) is 9.90 Å². The van der Waals surface area contributed by atoms with Gasteiger partial charge in [0.1, 0.15) is 6.04 Å². The predicted molar refractivity (Wildman–Crippen MR) is 102 cm³/mol. The van der Waals surface area contributed by atoms with E-state index < -0.39 is 12.0 Å². The van der Waals surface area contributed by atoms with Crippen molar-refractivity contribution in [3.05, 3.63) is 35.4 Å². The van der Waals surface area contributed by atoms with Gasteiger partial charge < -0.3 is 5.11 Å². The molecule has 1 N–H and O–H groups in total. The van der Waals surface area contributed by atoms with Crippen molar-refractivity contribution in [2.24, 2.45) is 0 Å². The molecule has 3 rings (SSSR count). The molecule has 1 aromatic carbocycles. The summed E-state index contributed by atoms with van der Waals surface area (Å²) in [5.41, 5.74) is 2.13. The zero-order valence-corrected chi connectivity index (χ0v) is 16.0. The van der Waals surface area contributed by atoms with Gasteiger partial charge in [0.15, 0.2) is 0 Å². The van der Waals surface area contributed by atoms with Crippen LogP contribution in [0.3, 0.4) is 0 Å². The average Bonchev–Trinajstić information content (AvgIpc) is 2.95. The molecular weight excluding hydrogens is 347 g/mol. The predicted octanol–water partition coefficient (Wildman–Crippen LogP) is 3.56. The van der Waals surface area contributed by atoms with Gasteiger partial charge in [-0.05, 0) is 36.4 Å². The van der Waals surface area contributed by atoms with Gasteiger partial charge in [-0.25, -0.2) is 0 Å². The number of fused-ring (bicyclic) bond motifs is 1. The molecule has 1 aromatic rings. The van der Waals surface area contributed by atoms with Crippen molar-refractivity contribution in [3.8, 4) is 0 Å². The van der Waals surface area contributed by atoms with E-state index in [2.05, 4.69) is 29.7 Å². The molecule has 6 heteroatoms. The zero-order chi connectivity index (χ0) is 15.7. The van der Waals surface area contributed by atoms with Gasteiger partial charge in [0.25, 0.3) is 0 Å². The molecule has 2 saturated heterocycles. The highest BCUT2D eigenvalue weighted by molar-refractivity contribution is 5.85. The summed E-state index contributed by atoms with van der Waals surface area (Å²) in [6.45, 7) is 8.17. The second-order valence-electron chi connectivity index (χ2n) is 6.85. The van der Waals surface area contributed by atoms with Gasteiger partial charge in [-0.1, -0.05) is 38.1 Å². The minimum Gasteiger partial charge on any atom is -0.480 e. The number of nitrogens with zero attached hydrogens (tertiary/aromatic N) is 2. The van der Waals surface area contributed by atoms with Crippen molar-refractivity contribution in [1.29, 1.82) is 0 Å². The van der Waals surface area contributed by atoms with Crippen LogP contribution in [-0.4, -0.2) is 53.1 Å². The molecular formula is C18H28Cl2N2O2. The van der Waals surface area contributed by atoms with E-state index >= 15 is 0 Å². The standard InChI is InChI=1S/C18H26N2O2.2ClH/c1-13(2)15-7-3-4-8-16(15)17(18(21)22)20-11-10-19-9-5-6-14(19)12-20;;/h3-4,7-8,13-14,17H,5-6,9-12H2,1-2H3,(H,21,22);2*1H/t14-,17?;;/m1../s1. The van der Waals surface area contributed by atoms with E-state index in [-0.39, 0.29) is 24.8 Å². The first-order valence-electron chi connectivity index (χ1n) is 8.37. The molecule has 24 heavy (non-hydrogen) atoms. The Bertz CT molecular complexity index is 554. The summed E-state index contributed by atoms with van der Waals surface area (Å²) in [7, 11) is 0. The van der Waals surface area contributed by atoms with E-state index in [1.165, 1.54) is 19.4 Å². The molecule has 0 aromatic heterocycles. The molecule has 2 atom stereocenters. The lowest BCUT2D eigenvalue weighted by atomic mass is 9.91. The van der Waals surface area contributed by atoms with Crippen LogP contribution in [0.5, 0.6) is 0 Å². The summed E-state index contributed by atoms with van der Waals surface area (Å²) in [6, 6.07) is 8.06. The van der Waals surface area contributed by atoms with Crippen molar-refractivity contribution in [2.45, 2.75) is 44.7 Å². The second kappa shape index (κ2) is 9.04. The van der Waals surface area contributed by atoms with Gasteiger partial charge >= 0.3 is 5.97 Å². The molecule has 2 fully saturated rings. The Morgan fingerprint density at radius 3 is 2.42 bits per heavy atom. The van der Waals surface area contributed by atoms with Gasteiger partial charge in [-0.2, -0.15) is 0 Å². The first kappa shape index (κ1) is 21.2. The lowest BCUT2D eigenvalue weighted by Crippen LogP contribution is -2.52. The van der Waals surface area contributed by atoms with Crippen LogP contribution in [0.15, 0.2) is 24.3 Å². The maximum Gasteiger partial charge on any atom is 0.325 e. The number of carboxylic acid groups (broad SMARTS) is 1. The topological polar surface area (TPSA) is 43.8 Å². The molecule has 0 saturated carbocycles. The fourth-order valence-electron chi connectivity index (χ4n) is 4.02. The van der Waals surface area contributed by atoms with Crippen LogP contribution in [0.25, 0.3) is 0 Å². The molecule has 4 nitrogen and oxygen atoms in total. The Balaban J connectivity index is 0.00000144. The Morgan fingerprint density at radius 2 is 1.79 bits per heavy atom. The number of benzene rings is 1. The SMILES string of the molecule is CC(C)c1ccccc1C(C(=O)O)N1CCN2CCC[C@@H]2C1.Cl.Cl. The Morgan fingerprint density at radius 1 is 1.12 bits per heavy atom. The van der Waals surface area contributed by atoms with Crippen LogP contribution in [-0.2, 0) is 4.79 Å². The number of halogens is 2. The summed E-state index contributed by atoms with van der Waals surface area (Å²) < 4.78 is 0. The largest absolute Gasteiger partial charge is 0.480 e. The monoisotopic (exact) mass is 374 g/mol. The maximum absolute atomic E-state index is 12.0. The number of hydrogen-bond acceptors (Lipinski definition) is 3. The summed E-state index contributed by atoms with van der Waals surface area (Å²) >= 11 is 0. The molecule has 2 aliphatic rings. The summed E-state index contributed by atoms with van der Waals surface area (Å²) in [5, 5.41) is 9.87. The number of carbonyl (C=O) groups is 1. The van der Waals surface area contributed by atoms with Crippen LogP contribution in [0.1, 0.15) is 49.8 Å². The molecule has 0 spiro atoms. The third-order valence-electron chi connectivity index (χ3n) is 5.13. The smallest absolute Gasteiger partial charge is 0.325 e. The average molecular weight is 375 g/mol. The van der Waals surface area contributed by atoms with Gasteiger partial charge in [-0.15, -0.1) is 24.8 Å². The van der Waals surface area contributed by atoms with Gasteiger partial charge in [-0.3, -0.25) is 14.6 Å². The Labute approximate surface area is 157 Å². The van der Waals surface area contributed by atoms with Gasteiger partial charge in [0.2, 0.25) is 0 Å². The lowest BCUT2D eigenvalue weighted by molar-refractivity contribution is -0.144. The highest BCUT2D eigenvalue weighted by atomic mass is 35.5. The van der Waals surface area contributed by atoms with Gasteiger partial charge in [0.05, 0.1) is 0 Å². The van der Waals surface area contributed by atoms with Gasteiger partial charge in [0, 0.05) is 25.7 Å². The number of aliphatic carboxylic acids is 1. The number of hydrogen-bond donors (Lipinski definition) is 1. The number of rotatable bonds is 4. The normalized spacial score (nSPS) is 22.4. The van der Waals surface area contributed by atoms with E-state index in [1.54, 1.807) is 0 Å². The van der Waals surface area contributed by atoms with Crippen LogP contribution < -0.4 is 0 Å². The lowest BCUT2D eigenvalue weighted by Gasteiger charge is -2.40. The van der Waals surface area contributed by atoms with E-state index in [4.69, 9.17) is 0 Å². The van der Waals surface area contributed by atoms with Crippen LogP contribution in [0, 0.1) is 0 Å². The fourth-order valence-corrected chi connectivity index (χ4v) is 4.02. The van der Waals surface area contributed by atoms with Crippen molar-refractivity contribution in [2.75, 3.05) is 26.2 Å². The number of piperazine rings is 1. The Hall–Kier alpha value is -0.810. The van der Waals surface area contributed by atoms with Crippen LogP contribution in [0.4, 0.5) is 0 Å². The summed E-state index contributed by atoms with van der Waals surface area (Å²) in [4.78, 5) is 16.7. The molecule has 2 aliphatic heterocycles. The third kappa shape index (κ3) is 4.23. The molecule has 2 heterocycles. The van der Waals surface area contributed by atoms with Crippen LogP contribution in [0.2, 0.25) is 0 Å². The van der Waals surface area contributed by atoms with E-state index in [1.807, 2.05) is 18.2 Å². The van der Waals surface area contributed by atoms with Crippen molar-refractivity contribution in [3.63, 3.8) is 0 Å². The quantitative estimate of drug-likeness (QED) is 0.874. The minimum absolute atomic E-state index is 0. The van der Waals surface area contributed by atoms with Crippen molar-refractivity contribution >= 4 is 30.8 Å². The molecule has 0 aliphatic carbocycles.